The SMILES string of the molecule is CCC[C@H](CN(C)CCCCC(C)=O)CN1CCN(C(=O)Nc2ccc(Cl)c(Cl)c2)CC1. The number of piperazine rings is 1. The first-order chi connectivity index (χ1) is 15.3. The van der Waals surface area contributed by atoms with E-state index in [0.29, 0.717) is 41.2 Å². The normalized spacial score (nSPS) is 15.8. The Labute approximate surface area is 203 Å². The van der Waals surface area contributed by atoms with Crippen LogP contribution in [-0.2, 0) is 4.79 Å². The Balaban J connectivity index is 1.74. The predicted molar refractivity (Wildman–Crippen MR) is 134 cm³/mol. The van der Waals surface area contributed by atoms with Crippen LogP contribution in [0.1, 0.15) is 46.0 Å². The molecule has 32 heavy (non-hydrogen) atoms. The summed E-state index contributed by atoms with van der Waals surface area (Å²) in [5.74, 6) is 0.899. The third-order valence-electron chi connectivity index (χ3n) is 5.93. The number of nitrogens with zero attached hydrogens (tertiary/aromatic N) is 3. The summed E-state index contributed by atoms with van der Waals surface area (Å²) in [7, 11) is 2.18. The molecule has 0 aliphatic carbocycles. The van der Waals surface area contributed by atoms with Crippen LogP contribution in [0.5, 0.6) is 0 Å². The van der Waals surface area contributed by atoms with E-state index >= 15 is 0 Å². The van der Waals surface area contributed by atoms with Crippen molar-refractivity contribution in [3.05, 3.63) is 28.2 Å². The quantitative estimate of drug-likeness (QED) is 0.411. The van der Waals surface area contributed by atoms with Gasteiger partial charge in [-0.1, -0.05) is 36.5 Å². The number of halogens is 2. The smallest absolute Gasteiger partial charge is 0.321 e. The summed E-state index contributed by atoms with van der Waals surface area (Å²) < 4.78 is 0. The van der Waals surface area contributed by atoms with Gasteiger partial charge >= 0.3 is 6.03 Å². The monoisotopic (exact) mass is 484 g/mol. The van der Waals surface area contributed by atoms with E-state index in [1.807, 2.05) is 4.90 Å². The second-order valence-electron chi connectivity index (χ2n) is 8.92. The van der Waals surface area contributed by atoms with Crippen molar-refractivity contribution in [3.63, 3.8) is 0 Å². The van der Waals surface area contributed by atoms with Crippen LogP contribution < -0.4 is 5.32 Å². The molecule has 1 aromatic carbocycles. The Kier molecular flexibility index (Phi) is 11.8. The first-order valence-electron chi connectivity index (χ1n) is 11.7. The zero-order valence-electron chi connectivity index (χ0n) is 19.7. The van der Waals surface area contributed by atoms with Crippen LogP contribution in [0.25, 0.3) is 0 Å². The third kappa shape index (κ3) is 9.65. The molecule has 1 N–H and O–H groups in total. The summed E-state index contributed by atoms with van der Waals surface area (Å²) in [5, 5.41) is 3.81. The maximum Gasteiger partial charge on any atom is 0.321 e. The lowest BCUT2D eigenvalue weighted by Gasteiger charge is -2.37. The van der Waals surface area contributed by atoms with E-state index in [9.17, 15) is 9.59 Å². The molecule has 1 heterocycles. The number of amides is 2. The maximum absolute atomic E-state index is 12.6. The fraction of sp³-hybridized carbons (Fsp3) is 0.667. The van der Waals surface area contributed by atoms with Gasteiger partial charge in [-0.25, -0.2) is 4.79 Å². The lowest BCUT2D eigenvalue weighted by Crippen LogP contribution is -2.51. The van der Waals surface area contributed by atoms with E-state index in [1.54, 1.807) is 25.1 Å². The zero-order valence-corrected chi connectivity index (χ0v) is 21.2. The minimum atomic E-state index is -0.0987. The summed E-state index contributed by atoms with van der Waals surface area (Å²) in [6.07, 6.45) is 5.12. The lowest BCUT2D eigenvalue weighted by atomic mass is 10.0. The second kappa shape index (κ2) is 14.0. The van der Waals surface area contributed by atoms with Crippen LogP contribution in [0.2, 0.25) is 10.0 Å². The molecule has 1 aromatic rings. The van der Waals surface area contributed by atoms with E-state index in [2.05, 4.69) is 29.1 Å². The molecule has 2 amide bonds. The van der Waals surface area contributed by atoms with E-state index in [1.165, 1.54) is 12.8 Å². The highest BCUT2D eigenvalue weighted by Crippen LogP contribution is 2.25. The van der Waals surface area contributed by atoms with Gasteiger partial charge in [-0.05, 0) is 63.9 Å². The molecule has 1 aliphatic heterocycles. The van der Waals surface area contributed by atoms with Gasteiger partial charge in [0.15, 0.2) is 0 Å². The molecule has 0 saturated carbocycles. The Morgan fingerprint density at radius 3 is 2.47 bits per heavy atom. The number of hydrogen-bond donors (Lipinski definition) is 1. The molecule has 0 spiro atoms. The molecule has 8 heteroatoms. The Hall–Kier alpha value is -1.34. The first-order valence-corrected chi connectivity index (χ1v) is 12.4. The van der Waals surface area contributed by atoms with Crippen molar-refractivity contribution < 1.29 is 9.59 Å². The van der Waals surface area contributed by atoms with E-state index in [-0.39, 0.29) is 11.8 Å². The van der Waals surface area contributed by atoms with Gasteiger partial charge in [0, 0.05) is 51.4 Å². The van der Waals surface area contributed by atoms with E-state index < -0.39 is 0 Å². The van der Waals surface area contributed by atoms with Crippen LogP contribution in [0.15, 0.2) is 18.2 Å². The van der Waals surface area contributed by atoms with Gasteiger partial charge in [-0.15, -0.1) is 0 Å². The van der Waals surface area contributed by atoms with Crippen molar-refractivity contribution in [2.45, 2.75) is 46.0 Å². The van der Waals surface area contributed by atoms with Crippen molar-refractivity contribution in [2.75, 3.05) is 58.2 Å². The van der Waals surface area contributed by atoms with Crippen LogP contribution in [0.3, 0.4) is 0 Å². The zero-order chi connectivity index (χ0) is 23.5. The number of rotatable bonds is 12. The van der Waals surface area contributed by atoms with E-state index in [4.69, 9.17) is 23.2 Å². The fourth-order valence-corrected chi connectivity index (χ4v) is 4.51. The van der Waals surface area contributed by atoms with Crippen molar-refractivity contribution in [2.24, 2.45) is 5.92 Å². The van der Waals surface area contributed by atoms with Crippen LogP contribution in [0.4, 0.5) is 10.5 Å². The molecule has 6 nitrogen and oxygen atoms in total. The van der Waals surface area contributed by atoms with Crippen LogP contribution in [0, 0.1) is 5.92 Å². The van der Waals surface area contributed by atoms with Crippen molar-refractivity contribution >= 4 is 40.7 Å². The van der Waals surface area contributed by atoms with Gasteiger partial charge < -0.3 is 19.9 Å². The molecular weight excluding hydrogens is 447 g/mol. The standard InChI is InChI=1S/C24H38Cl2N4O2/c1-4-7-20(17-28(3)11-6-5-8-19(2)31)18-29-12-14-30(15-13-29)24(32)27-21-9-10-22(25)23(26)16-21/h9-10,16,20H,4-8,11-15,17-18H2,1-3H3,(H,27,32)/t20-/m1/s1. The maximum atomic E-state index is 12.6. The number of Topliss-reactive ketones (excluding diaryl/α,β-unsaturated/α-hetero) is 1. The molecule has 0 aromatic heterocycles. The van der Waals surface area contributed by atoms with E-state index in [0.717, 1.165) is 45.6 Å². The molecule has 1 saturated heterocycles. The number of anilines is 1. The summed E-state index contributed by atoms with van der Waals surface area (Å²) in [5.41, 5.74) is 0.654. The molecule has 2 rings (SSSR count). The number of carbonyl (C=O) groups is 2. The Morgan fingerprint density at radius 2 is 1.84 bits per heavy atom. The highest BCUT2D eigenvalue weighted by atomic mass is 35.5. The average Bonchev–Trinajstić information content (AvgIpc) is 2.74. The summed E-state index contributed by atoms with van der Waals surface area (Å²) in [6, 6.07) is 5.02. The number of nitrogens with one attached hydrogen (secondary N) is 1. The fourth-order valence-electron chi connectivity index (χ4n) is 4.21. The van der Waals surface area contributed by atoms with Crippen LogP contribution in [-0.4, -0.2) is 79.4 Å². The highest BCUT2D eigenvalue weighted by Gasteiger charge is 2.23. The number of benzene rings is 1. The summed E-state index contributed by atoms with van der Waals surface area (Å²) in [6.45, 7) is 10.3. The Morgan fingerprint density at radius 1 is 1.12 bits per heavy atom. The average molecular weight is 486 g/mol. The van der Waals surface area contributed by atoms with Gasteiger partial charge in [0.1, 0.15) is 5.78 Å². The minimum Gasteiger partial charge on any atom is -0.322 e. The number of urea groups is 1. The topological polar surface area (TPSA) is 55.9 Å². The third-order valence-corrected chi connectivity index (χ3v) is 6.67. The van der Waals surface area contributed by atoms with Crippen molar-refractivity contribution in [1.82, 2.24) is 14.7 Å². The molecule has 0 unspecified atom stereocenters. The lowest BCUT2D eigenvalue weighted by molar-refractivity contribution is -0.117. The predicted octanol–water partition coefficient (Wildman–Crippen LogP) is 5.25. The van der Waals surface area contributed by atoms with Gasteiger partial charge in [-0.2, -0.15) is 0 Å². The summed E-state index contributed by atoms with van der Waals surface area (Å²) >= 11 is 12.0. The van der Waals surface area contributed by atoms with Crippen molar-refractivity contribution in [1.29, 1.82) is 0 Å². The van der Waals surface area contributed by atoms with Gasteiger partial charge in [0.2, 0.25) is 0 Å². The molecule has 1 fully saturated rings. The van der Waals surface area contributed by atoms with Gasteiger partial charge in [0.25, 0.3) is 0 Å². The minimum absolute atomic E-state index is 0.0987. The largest absolute Gasteiger partial charge is 0.322 e. The molecule has 0 bridgehead atoms. The first kappa shape index (κ1) is 26.9. The van der Waals surface area contributed by atoms with Crippen molar-refractivity contribution in [3.8, 4) is 0 Å². The molecule has 180 valence electrons. The summed E-state index contributed by atoms with van der Waals surface area (Å²) in [4.78, 5) is 30.4. The number of carbonyl (C=O) groups excluding carboxylic acids is 2. The second-order valence-corrected chi connectivity index (χ2v) is 9.74. The van der Waals surface area contributed by atoms with Gasteiger partial charge in [0.05, 0.1) is 10.0 Å². The van der Waals surface area contributed by atoms with Gasteiger partial charge in [-0.3, -0.25) is 4.90 Å². The molecule has 0 radical (unpaired) electrons. The van der Waals surface area contributed by atoms with Crippen LogP contribution >= 0.6 is 23.2 Å². The molecule has 1 aliphatic rings. The molecular formula is C24H38Cl2N4O2. The molecule has 1 atom stereocenters. The Bertz CT molecular complexity index is 739. The number of ketones is 1. The highest BCUT2D eigenvalue weighted by molar-refractivity contribution is 6.42. The number of hydrogen-bond acceptors (Lipinski definition) is 4. The number of unbranched alkanes of at least 4 members (excludes halogenated alkanes) is 1.